The van der Waals surface area contributed by atoms with Gasteiger partial charge in [-0.2, -0.15) is 0 Å². The second-order valence-electron chi connectivity index (χ2n) is 11.1. The summed E-state index contributed by atoms with van der Waals surface area (Å²) in [6.07, 6.45) is 0. The molecule has 9 aromatic rings. The summed E-state index contributed by atoms with van der Waals surface area (Å²) in [4.78, 5) is 20.5. The van der Waals surface area contributed by atoms with Crippen LogP contribution in [0.25, 0.3) is 89.0 Å². The van der Waals surface area contributed by atoms with Gasteiger partial charge in [-0.15, -0.1) is 0 Å². The maximum atomic E-state index is 6.31. The van der Waals surface area contributed by atoms with Crippen molar-refractivity contribution in [1.29, 1.82) is 0 Å². The second kappa shape index (κ2) is 10.2. The molecule has 0 aliphatic heterocycles. The fourth-order valence-electron chi connectivity index (χ4n) is 6.12. The van der Waals surface area contributed by atoms with Crippen LogP contribution in [0.15, 0.2) is 150 Å². The molecule has 0 bridgehead atoms. The smallest absolute Gasteiger partial charge is 0.180 e. The van der Waals surface area contributed by atoms with Gasteiger partial charge in [0.2, 0.25) is 0 Å². The van der Waals surface area contributed by atoms with E-state index in [1.54, 1.807) is 0 Å². The standard InChI is InChI=1S/C40H24N4O/c1-3-13-26(14-4-1)34-32-23-22-25-12-7-8-19-30(25)36(32)43-39(41-34)28-17-11-18-29(24-28)40-42-35(27-15-5-2-6-16-27)38-37(44-40)31-20-9-10-21-33(31)45-38/h1-24H. The van der Waals surface area contributed by atoms with Crippen molar-refractivity contribution in [3.63, 3.8) is 0 Å². The van der Waals surface area contributed by atoms with Gasteiger partial charge in [0.25, 0.3) is 0 Å². The first-order valence-electron chi connectivity index (χ1n) is 14.9. The Bertz CT molecular complexity index is 2540. The normalized spacial score (nSPS) is 11.6. The van der Waals surface area contributed by atoms with Crippen molar-refractivity contribution in [2.24, 2.45) is 0 Å². The van der Waals surface area contributed by atoms with Gasteiger partial charge in [0.1, 0.15) is 16.8 Å². The van der Waals surface area contributed by atoms with Crippen molar-refractivity contribution < 1.29 is 4.42 Å². The van der Waals surface area contributed by atoms with Crippen molar-refractivity contribution in [2.45, 2.75) is 0 Å². The Hall–Kier alpha value is -6.20. The van der Waals surface area contributed by atoms with Gasteiger partial charge < -0.3 is 4.42 Å². The lowest BCUT2D eigenvalue weighted by atomic mass is 10.0. The van der Waals surface area contributed by atoms with E-state index in [0.29, 0.717) is 17.2 Å². The monoisotopic (exact) mass is 576 g/mol. The second-order valence-corrected chi connectivity index (χ2v) is 11.1. The third-order valence-corrected chi connectivity index (χ3v) is 8.28. The van der Waals surface area contributed by atoms with Gasteiger partial charge in [0.15, 0.2) is 17.2 Å². The van der Waals surface area contributed by atoms with Crippen LogP contribution in [0.3, 0.4) is 0 Å². The number of nitrogens with zero attached hydrogens (tertiary/aromatic N) is 4. The first-order valence-corrected chi connectivity index (χ1v) is 14.9. The molecular formula is C40H24N4O. The molecule has 0 atom stereocenters. The van der Waals surface area contributed by atoms with Crippen LogP contribution >= 0.6 is 0 Å². The van der Waals surface area contributed by atoms with Crippen LogP contribution in [0.5, 0.6) is 0 Å². The lowest BCUT2D eigenvalue weighted by Crippen LogP contribution is -1.97. The van der Waals surface area contributed by atoms with E-state index in [0.717, 1.165) is 71.8 Å². The van der Waals surface area contributed by atoms with Gasteiger partial charge in [-0.05, 0) is 29.7 Å². The van der Waals surface area contributed by atoms with Crippen molar-refractivity contribution in [3.05, 3.63) is 146 Å². The summed E-state index contributed by atoms with van der Waals surface area (Å²) < 4.78 is 6.31. The van der Waals surface area contributed by atoms with Crippen LogP contribution in [-0.4, -0.2) is 19.9 Å². The lowest BCUT2D eigenvalue weighted by Gasteiger charge is -2.12. The van der Waals surface area contributed by atoms with E-state index in [-0.39, 0.29) is 0 Å². The molecule has 0 aliphatic carbocycles. The van der Waals surface area contributed by atoms with Crippen LogP contribution in [0.4, 0.5) is 0 Å². The molecule has 5 heteroatoms. The minimum absolute atomic E-state index is 0.615. The Labute approximate surface area is 258 Å². The highest BCUT2D eigenvalue weighted by Crippen LogP contribution is 2.37. The number of hydrogen-bond acceptors (Lipinski definition) is 5. The predicted octanol–water partition coefficient (Wildman–Crippen LogP) is 10.1. The van der Waals surface area contributed by atoms with Gasteiger partial charge in [-0.3, -0.25) is 0 Å². The van der Waals surface area contributed by atoms with Gasteiger partial charge in [-0.1, -0.05) is 121 Å². The fraction of sp³-hybridized carbons (Fsp3) is 0. The van der Waals surface area contributed by atoms with Crippen molar-refractivity contribution >= 4 is 43.7 Å². The van der Waals surface area contributed by atoms with E-state index in [1.807, 2.05) is 84.9 Å². The van der Waals surface area contributed by atoms with Crippen LogP contribution in [-0.2, 0) is 0 Å². The highest BCUT2D eigenvalue weighted by molar-refractivity contribution is 6.10. The number of aromatic nitrogens is 4. The van der Waals surface area contributed by atoms with E-state index in [9.17, 15) is 0 Å². The molecule has 0 saturated carbocycles. The Kier molecular flexibility index (Phi) is 5.74. The number of fused-ring (bicyclic) bond motifs is 6. The number of para-hydroxylation sites is 1. The molecule has 0 N–H and O–H groups in total. The molecule has 3 heterocycles. The Morgan fingerprint density at radius 3 is 1.71 bits per heavy atom. The molecule has 0 fully saturated rings. The lowest BCUT2D eigenvalue weighted by molar-refractivity contribution is 0.667. The molecule has 3 aromatic heterocycles. The molecule has 0 saturated heterocycles. The Morgan fingerprint density at radius 2 is 0.956 bits per heavy atom. The minimum Gasteiger partial charge on any atom is -0.452 e. The summed E-state index contributed by atoms with van der Waals surface area (Å²) in [6.45, 7) is 0. The molecule has 0 unspecified atom stereocenters. The molecule has 9 rings (SSSR count). The van der Waals surface area contributed by atoms with Gasteiger partial charge in [-0.25, -0.2) is 19.9 Å². The largest absolute Gasteiger partial charge is 0.452 e. The van der Waals surface area contributed by atoms with Gasteiger partial charge >= 0.3 is 0 Å². The summed E-state index contributed by atoms with van der Waals surface area (Å²) in [5, 5.41) is 4.22. The minimum atomic E-state index is 0.615. The van der Waals surface area contributed by atoms with E-state index in [1.165, 1.54) is 0 Å². The average Bonchev–Trinajstić information content (AvgIpc) is 3.50. The van der Waals surface area contributed by atoms with Gasteiger partial charge in [0.05, 0.1) is 11.2 Å². The van der Waals surface area contributed by atoms with Gasteiger partial charge in [0, 0.05) is 38.4 Å². The first kappa shape index (κ1) is 25.3. The third kappa shape index (κ3) is 4.25. The Balaban J connectivity index is 1.27. The number of hydrogen-bond donors (Lipinski definition) is 0. The molecule has 0 spiro atoms. The average molecular weight is 577 g/mol. The summed E-state index contributed by atoms with van der Waals surface area (Å²) in [5.41, 5.74) is 8.63. The summed E-state index contributed by atoms with van der Waals surface area (Å²) in [5.74, 6) is 1.27. The van der Waals surface area contributed by atoms with E-state index in [4.69, 9.17) is 24.4 Å². The molecule has 210 valence electrons. The third-order valence-electron chi connectivity index (χ3n) is 8.28. The van der Waals surface area contributed by atoms with Crippen molar-refractivity contribution in [3.8, 4) is 45.3 Å². The fourth-order valence-corrected chi connectivity index (χ4v) is 6.12. The predicted molar refractivity (Wildman–Crippen MR) is 182 cm³/mol. The summed E-state index contributed by atoms with van der Waals surface area (Å²) in [6, 6.07) is 49.3. The topological polar surface area (TPSA) is 64.7 Å². The zero-order chi connectivity index (χ0) is 29.7. The van der Waals surface area contributed by atoms with E-state index in [2.05, 4.69) is 60.7 Å². The zero-order valence-electron chi connectivity index (χ0n) is 24.1. The summed E-state index contributed by atoms with van der Waals surface area (Å²) >= 11 is 0. The molecule has 45 heavy (non-hydrogen) atoms. The molecule has 0 aliphatic rings. The van der Waals surface area contributed by atoms with Crippen LogP contribution in [0, 0.1) is 0 Å². The van der Waals surface area contributed by atoms with E-state index < -0.39 is 0 Å². The molecule has 0 radical (unpaired) electrons. The molecule has 6 aromatic carbocycles. The number of rotatable bonds is 4. The number of benzene rings is 6. The molecular weight excluding hydrogens is 552 g/mol. The van der Waals surface area contributed by atoms with Crippen molar-refractivity contribution in [2.75, 3.05) is 0 Å². The molecule has 0 amide bonds. The SMILES string of the molecule is c1ccc(-c2nc(-c3cccc(-c4nc(-c5ccccc5)c5oc6ccccc6c5n4)c3)nc3c2ccc2ccccc23)cc1. The maximum Gasteiger partial charge on any atom is 0.180 e. The molecule has 5 nitrogen and oxygen atoms in total. The Morgan fingerprint density at radius 1 is 0.378 bits per heavy atom. The van der Waals surface area contributed by atoms with Crippen molar-refractivity contribution in [1.82, 2.24) is 19.9 Å². The van der Waals surface area contributed by atoms with Crippen LogP contribution in [0.2, 0.25) is 0 Å². The summed E-state index contributed by atoms with van der Waals surface area (Å²) in [7, 11) is 0. The van der Waals surface area contributed by atoms with Crippen LogP contribution < -0.4 is 0 Å². The van der Waals surface area contributed by atoms with E-state index >= 15 is 0 Å². The highest BCUT2D eigenvalue weighted by Gasteiger charge is 2.19. The maximum absolute atomic E-state index is 6.31. The number of furan rings is 1. The zero-order valence-corrected chi connectivity index (χ0v) is 24.1. The first-order chi connectivity index (χ1) is 22.3. The van der Waals surface area contributed by atoms with Crippen LogP contribution in [0.1, 0.15) is 0 Å². The quantitative estimate of drug-likeness (QED) is 0.195. The highest BCUT2D eigenvalue weighted by atomic mass is 16.3.